The highest BCUT2D eigenvalue weighted by atomic mass is 32.1. The van der Waals surface area contributed by atoms with Gasteiger partial charge in [-0.3, -0.25) is 0 Å². The molecule has 1 aromatic heterocycles. The van der Waals surface area contributed by atoms with Gasteiger partial charge in [-0.1, -0.05) is 20.8 Å². The molecule has 2 unspecified atom stereocenters. The molecular formula is C16H29N3OS. The van der Waals surface area contributed by atoms with Gasteiger partial charge in [-0.15, -0.1) is 11.3 Å². The highest BCUT2D eigenvalue weighted by Gasteiger charge is 2.21. The van der Waals surface area contributed by atoms with E-state index in [0.717, 1.165) is 37.8 Å². The lowest BCUT2D eigenvalue weighted by molar-refractivity contribution is 0.116. The summed E-state index contributed by atoms with van der Waals surface area (Å²) in [5, 5.41) is 4.57. The Hall–Kier alpha value is -0.650. The monoisotopic (exact) mass is 311 g/mol. The maximum atomic E-state index is 5.74. The van der Waals surface area contributed by atoms with E-state index in [1.807, 2.05) is 11.3 Å². The van der Waals surface area contributed by atoms with E-state index in [1.54, 1.807) is 0 Å². The minimum Gasteiger partial charge on any atom is -0.376 e. The van der Waals surface area contributed by atoms with E-state index in [9.17, 15) is 0 Å². The molecule has 2 atom stereocenters. The van der Waals surface area contributed by atoms with Gasteiger partial charge in [0.25, 0.3) is 0 Å². The van der Waals surface area contributed by atoms with Gasteiger partial charge < -0.3 is 15.0 Å². The molecule has 1 N–H and O–H groups in total. The lowest BCUT2D eigenvalue weighted by Crippen LogP contribution is -2.28. The first kappa shape index (κ1) is 16.7. The first-order valence-corrected chi connectivity index (χ1v) is 9.00. The Bertz CT molecular complexity index is 429. The summed E-state index contributed by atoms with van der Waals surface area (Å²) in [7, 11) is 2.14. The van der Waals surface area contributed by atoms with Crippen molar-refractivity contribution >= 4 is 16.5 Å². The zero-order valence-electron chi connectivity index (χ0n) is 13.8. The van der Waals surface area contributed by atoms with E-state index in [2.05, 4.69) is 38.0 Å². The number of hydrogen-bond acceptors (Lipinski definition) is 5. The van der Waals surface area contributed by atoms with Crippen LogP contribution in [0.2, 0.25) is 0 Å². The van der Waals surface area contributed by atoms with Crippen LogP contribution in [0.3, 0.4) is 0 Å². The van der Waals surface area contributed by atoms with Crippen molar-refractivity contribution in [2.24, 2.45) is 0 Å². The fourth-order valence-corrected chi connectivity index (χ4v) is 3.75. The molecule has 0 aromatic carbocycles. The average Bonchev–Trinajstić information content (AvgIpc) is 3.13. The molecule has 0 aliphatic carbocycles. The predicted octanol–water partition coefficient (Wildman–Crippen LogP) is 3.38. The number of nitrogens with one attached hydrogen (secondary N) is 1. The lowest BCUT2D eigenvalue weighted by atomic mass is 10.0. The van der Waals surface area contributed by atoms with E-state index in [-0.39, 0.29) is 0 Å². The van der Waals surface area contributed by atoms with Gasteiger partial charge in [-0.25, -0.2) is 4.98 Å². The van der Waals surface area contributed by atoms with Crippen LogP contribution < -0.4 is 10.2 Å². The van der Waals surface area contributed by atoms with E-state index in [4.69, 9.17) is 9.72 Å². The highest BCUT2D eigenvalue weighted by Crippen LogP contribution is 2.32. The topological polar surface area (TPSA) is 37.4 Å². The molecule has 120 valence electrons. The largest absolute Gasteiger partial charge is 0.376 e. The summed E-state index contributed by atoms with van der Waals surface area (Å²) in [6.07, 6.45) is 3.89. The van der Waals surface area contributed by atoms with Crippen LogP contribution in [0.5, 0.6) is 0 Å². The molecule has 1 aliphatic heterocycles. The van der Waals surface area contributed by atoms with Gasteiger partial charge in [0.2, 0.25) is 0 Å². The summed E-state index contributed by atoms with van der Waals surface area (Å²) in [6.45, 7) is 10.5. The second kappa shape index (κ2) is 8.11. The lowest BCUT2D eigenvalue weighted by Gasteiger charge is -2.19. The normalized spacial score (nSPS) is 19.9. The molecule has 21 heavy (non-hydrogen) atoms. The molecule has 1 saturated heterocycles. The fourth-order valence-electron chi connectivity index (χ4n) is 2.63. The maximum absolute atomic E-state index is 5.74. The van der Waals surface area contributed by atoms with Gasteiger partial charge in [-0.2, -0.15) is 0 Å². The van der Waals surface area contributed by atoms with E-state index >= 15 is 0 Å². The number of likely N-dealkylation sites (N-methyl/N-ethyl adjacent to an activating group) is 1. The number of nitrogens with zero attached hydrogens (tertiary/aromatic N) is 2. The summed E-state index contributed by atoms with van der Waals surface area (Å²) in [5.74, 6) is 0.528. The van der Waals surface area contributed by atoms with Crippen molar-refractivity contribution in [3.8, 4) is 0 Å². The van der Waals surface area contributed by atoms with E-state index < -0.39 is 0 Å². The van der Waals surface area contributed by atoms with Crippen LogP contribution in [0.1, 0.15) is 56.5 Å². The molecule has 0 spiro atoms. The summed E-state index contributed by atoms with van der Waals surface area (Å²) >= 11 is 1.83. The first-order valence-electron chi connectivity index (χ1n) is 8.18. The Labute approximate surface area is 132 Å². The molecule has 2 heterocycles. The minimum atomic E-state index is 0.378. The third-order valence-corrected chi connectivity index (χ3v) is 5.34. The SMILES string of the molecule is CCNCc1sc(N(C)CC2CCCO2)nc1C(C)CC. The van der Waals surface area contributed by atoms with E-state index in [1.165, 1.54) is 23.4 Å². The Morgan fingerprint density at radius 2 is 2.29 bits per heavy atom. The van der Waals surface area contributed by atoms with Crippen LogP contribution in [0.25, 0.3) is 0 Å². The standard InChI is InChI=1S/C16H29N3OS/c1-5-12(3)15-14(10-17-6-2)21-16(18-15)19(4)11-13-8-7-9-20-13/h12-13,17H,5-11H2,1-4H3. The van der Waals surface area contributed by atoms with Crippen molar-refractivity contribution in [1.82, 2.24) is 10.3 Å². The van der Waals surface area contributed by atoms with Crippen molar-refractivity contribution in [3.05, 3.63) is 10.6 Å². The molecule has 0 amide bonds. The second-order valence-corrected chi connectivity index (χ2v) is 6.97. The Morgan fingerprint density at radius 3 is 2.90 bits per heavy atom. The second-order valence-electron chi connectivity index (χ2n) is 5.91. The van der Waals surface area contributed by atoms with Crippen LogP contribution in [0, 0.1) is 0 Å². The predicted molar refractivity (Wildman–Crippen MR) is 90.4 cm³/mol. The number of thiazole rings is 1. The van der Waals surface area contributed by atoms with Crippen molar-refractivity contribution in [3.63, 3.8) is 0 Å². The molecule has 5 heteroatoms. The third-order valence-electron chi connectivity index (χ3n) is 4.16. The molecular weight excluding hydrogens is 282 g/mol. The Kier molecular flexibility index (Phi) is 6.45. The Balaban J connectivity index is 2.08. The van der Waals surface area contributed by atoms with Crippen LogP contribution in [0.15, 0.2) is 0 Å². The molecule has 1 fully saturated rings. The molecule has 0 saturated carbocycles. The number of hydrogen-bond donors (Lipinski definition) is 1. The smallest absolute Gasteiger partial charge is 0.185 e. The maximum Gasteiger partial charge on any atom is 0.185 e. The highest BCUT2D eigenvalue weighted by molar-refractivity contribution is 7.15. The third kappa shape index (κ3) is 4.41. The summed E-state index contributed by atoms with van der Waals surface area (Å²) in [6, 6.07) is 0. The van der Waals surface area contributed by atoms with Gasteiger partial charge in [0.1, 0.15) is 0 Å². The number of rotatable bonds is 8. The molecule has 4 nitrogen and oxygen atoms in total. The molecule has 1 aliphatic rings. The van der Waals surface area contributed by atoms with Gasteiger partial charge in [0.15, 0.2) is 5.13 Å². The van der Waals surface area contributed by atoms with Gasteiger partial charge >= 0.3 is 0 Å². The van der Waals surface area contributed by atoms with Crippen LogP contribution in [0.4, 0.5) is 5.13 Å². The van der Waals surface area contributed by atoms with Crippen LogP contribution >= 0.6 is 11.3 Å². The Morgan fingerprint density at radius 1 is 1.48 bits per heavy atom. The minimum absolute atomic E-state index is 0.378. The van der Waals surface area contributed by atoms with Gasteiger partial charge in [0, 0.05) is 31.6 Å². The average molecular weight is 311 g/mol. The molecule has 0 radical (unpaired) electrons. The van der Waals surface area contributed by atoms with Gasteiger partial charge in [-0.05, 0) is 31.7 Å². The van der Waals surface area contributed by atoms with E-state index in [0.29, 0.717) is 12.0 Å². The number of ether oxygens (including phenoxy) is 1. The molecule has 2 rings (SSSR count). The fraction of sp³-hybridized carbons (Fsp3) is 0.812. The zero-order valence-corrected chi connectivity index (χ0v) is 14.6. The molecule has 0 bridgehead atoms. The summed E-state index contributed by atoms with van der Waals surface area (Å²) < 4.78 is 5.74. The quantitative estimate of drug-likeness (QED) is 0.798. The summed E-state index contributed by atoms with van der Waals surface area (Å²) in [5.41, 5.74) is 1.28. The van der Waals surface area contributed by atoms with Crippen molar-refractivity contribution in [2.45, 2.75) is 58.6 Å². The van der Waals surface area contributed by atoms with Crippen LogP contribution in [-0.4, -0.2) is 37.8 Å². The molecule has 1 aromatic rings. The van der Waals surface area contributed by atoms with Crippen molar-refractivity contribution < 1.29 is 4.74 Å². The number of anilines is 1. The van der Waals surface area contributed by atoms with Crippen molar-refractivity contribution in [1.29, 1.82) is 0 Å². The van der Waals surface area contributed by atoms with Crippen molar-refractivity contribution in [2.75, 3.05) is 31.6 Å². The van der Waals surface area contributed by atoms with Crippen LogP contribution in [-0.2, 0) is 11.3 Å². The van der Waals surface area contributed by atoms with Gasteiger partial charge in [0.05, 0.1) is 11.8 Å². The first-order chi connectivity index (χ1) is 10.2. The number of aromatic nitrogens is 1. The zero-order chi connectivity index (χ0) is 15.2. The summed E-state index contributed by atoms with van der Waals surface area (Å²) in [4.78, 5) is 8.58.